The van der Waals surface area contributed by atoms with Crippen LogP contribution in [0.2, 0.25) is 0 Å². The second kappa shape index (κ2) is 4.68. The van der Waals surface area contributed by atoms with Crippen LogP contribution in [-0.4, -0.2) is 11.7 Å². The minimum absolute atomic E-state index is 0.184. The highest BCUT2D eigenvalue weighted by Crippen LogP contribution is 2.14. The number of hydrogen-bond acceptors (Lipinski definition) is 2. The summed E-state index contributed by atoms with van der Waals surface area (Å²) in [6.45, 7) is 2.71. The topological polar surface area (TPSA) is 46.2 Å². The third-order valence-electron chi connectivity index (χ3n) is 1.96. The summed E-state index contributed by atoms with van der Waals surface area (Å²) < 4.78 is 12.6. The number of carbonyl (C=O) groups excluding carboxylic acids is 2. The summed E-state index contributed by atoms with van der Waals surface area (Å²) in [5, 5.41) is 2.50. The fourth-order valence-electron chi connectivity index (χ4n) is 1.28. The highest BCUT2D eigenvalue weighted by atomic mass is 19.1. The fraction of sp³-hybridized carbons (Fsp3) is 0.273. The summed E-state index contributed by atoms with van der Waals surface area (Å²) in [7, 11) is 0. The highest BCUT2D eigenvalue weighted by Gasteiger charge is 2.17. The van der Waals surface area contributed by atoms with Crippen molar-refractivity contribution >= 4 is 11.7 Å². The van der Waals surface area contributed by atoms with Gasteiger partial charge in [-0.1, -0.05) is 12.1 Å². The summed E-state index contributed by atoms with van der Waals surface area (Å²) in [4.78, 5) is 22.1. The lowest BCUT2D eigenvalue weighted by Gasteiger charge is -2.14. The molecule has 1 rings (SSSR count). The number of benzene rings is 1. The molecule has 0 fully saturated rings. The van der Waals surface area contributed by atoms with E-state index >= 15 is 0 Å². The second-order valence-electron chi connectivity index (χ2n) is 3.30. The molecule has 1 unspecified atom stereocenters. The van der Waals surface area contributed by atoms with Crippen LogP contribution in [-0.2, 0) is 9.59 Å². The maximum absolute atomic E-state index is 12.6. The van der Waals surface area contributed by atoms with Crippen molar-refractivity contribution in [1.29, 1.82) is 0 Å². The van der Waals surface area contributed by atoms with Crippen LogP contribution in [0.3, 0.4) is 0 Å². The van der Waals surface area contributed by atoms with Gasteiger partial charge in [-0.3, -0.25) is 9.59 Å². The Hall–Kier alpha value is -1.71. The first-order chi connectivity index (χ1) is 7.00. The van der Waals surface area contributed by atoms with Crippen molar-refractivity contribution in [3.63, 3.8) is 0 Å². The van der Waals surface area contributed by atoms with Crippen LogP contribution in [0, 0.1) is 5.82 Å². The number of ketones is 1. The number of Topliss-reactive ketones (excluding diaryl/α,β-unsaturated/α-hetero) is 1. The Kier molecular flexibility index (Phi) is 3.55. The molecule has 1 amide bonds. The molecule has 0 aliphatic carbocycles. The van der Waals surface area contributed by atoms with Gasteiger partial charge >= 0.3 is 0 Å². The largest absolute Gasteiger partial charge is 0.342 e. The van der Waals surface area contributed by atoms with E-state index in [0.29, 0.717) is 5.56 Å². The molecule has 4 heteroatoms. The highest BCUT2D eigenvalue weighted by molar-refractivity contribution is 5.87. The summed E-state index contributed by atoms with van der Waals surface area (Å²) in [5.74, 6) is -0.847. The van der Waals surface area contributed by atoms with Crippen molar-refractivity contribution in [2.45, 2.75) is 19.9 Å². The van der Waals surface area contributed by atoms with Crippen LogP contribution in [0.1, 0.15) is 25.5 Å². The molecule has 1 atom stereocenters. The first-order valence-corrected chi connectivity index (χ1v) is 4.53. The minimum atomic E-state index is -0.692. The molecule has 1 N–H and O–H groups in total. The van der Waals surface area contributed by atoms with Gasteiger partial charge in [0.2, 0.25) is 5.91 Å². The first-order valence-electron chi connectivity index (χ1n) is 4.53. The van der Waals surface area contributed by atoms with Crippen molar-refractivity contribution in [3.8, 4) is 0 Å². The van der Waals surface area contributed by atoms with E-state index in [9.17, 15) is 14.0 Å². The van der Waals surface area contributed by atoms with E-state index in [1.807, 2.05) is 0 Å². The molecule has 1 aromatic carbocycles. The monoisotopic (exact) mass is 209 g/mol. The molecule has 0 aliphatic heterocycles. The standard InChI is InChI=1S/C11H12FNO2/c1-7(14)11(13-8(2)15)9-3-5-10(12)6-4-9/h3-6,11H,1-2H3,(H,13,15). The fourth-order valence-corrected chi connectivity index (χ4v) is 1.28. The number of rotatable bonds is 3. The Labute approximate surface area is 87.3 Å². The van der Waals surface area contributed by atoms with E-state index in [1.54, 1.807) is 0 Å². The van der Waals surface area contributed by atoms with Crippen LogP contribution in [0.5, 0.6) is 0 Å². The Morgan fingerprint density at radius 1 is 1.20 bits per heavy atom. The molecule has 3 nitrogen and oxygen atoms in total. The van der Waals surface area contributed by atoms with Crippen LogP contribution in [0.15, 0.2) is 24.3 Å². The van der Waals surface area contributed by atoms with Crippen molar-refractivity contribution in [2.75, 3.05) is 0 Å². The lowest BCUT2D eigenvalue weighted by molar-refractivity contribution is -0.125. The molecule has 1 aromatic rings. The molecular formula is C11H12FNO2. The molecular weight excluding hydrogens is 197 g/mol. The van der Waals surface area contributed by atoms with Gasteiger partial charge in [-0.2, -0.15) is 0 Å². The number of halogens is 1. The number of amides is 1. The summed E-state index contributed by atoms with van der Waals surface area (Å²) in [6.07, 6.45) is 0. The molecule has 80 valence electrons. The molecule has 0 bridgehead atoms. The van der Waals surface area contributed by atoms with E-state index in [4.69, 9.17) is 0 Å². The SMILES string of the molecule is CC(=O)NC(C(C)=O)c1ccc(F)cc1. The second-order valence-corrected chi connectivity index (χ2v) is 3.30. The zero-order valence-electron chi connectivity index (χ0n) is 8.58. The number of nitrogens with one attached hydrogen (secondary N) is 1. The molecule has 0 saturated carbocycles. The Bertz CT molecular complexity index is 373. The van der Waals surface area contributed by atoms with Crippen molar-refractivity contribution in [2.24, 2.45) is 0 Å². The van der Waals surface area contributed by atoms with Gasteiger partial charge in [0.25, 0.3) is 0 Å². The third-order valence-corrected chi connectivity index (χ3v) is 1.96. The maximum Gasteiger partial charge on any atom is 0.217 e. The summed E-state index contributed by atoms with van der Waals surface area (Å²) in [5.41, 5.74) is 0.583. The Morgan fingerprint density at radius 2 is 1.73 bits per heavy atom. The van der Waals surface area contributed by atoms with Crippen LogP contribution in [0.4, 0.5) is 4.39 Å². The lowest BCUT2D eigenvalue weighted by Crippen LogP contribution is -2.30. The lowest BCUT2D eigenvalue weighted by atomic mass is 10.0. The van der Waals surface area contributed by atoms with E-state index in [-0.39, 0.29) is 17.5 Å². The Balaban J connectivity index is 2.94. The molecule has 0 heterocycles. The van der Waals surface area contributed by atoms with Gasteiger partial charge in [-0.25, -0.2) is 4.39 Å². The normalized spacial score (nSPS) is 11.9. The van der Waals surface area contributed by atoms with Crippen molar-refractivity contribution < 1.29 is 14.0 Å². The van der Waals surface area contributed by atoms with Gasteiger partial charge in [-0.15, -0.1) is 0 Å². The van der Waals surface area contributed by atoms with E-state index in [0.717, 1.165) is 0 Å². The molecule has 15 heavy (non-hydrogen) atoms. The van der Waals surface area contributed by atoms with Gasteiger partial charge in [-0.05, 0) is 24.6 Å². The third kappa shape index (κ3) is 3.16. The van der Waals surface area contributed by atoms with Crippen LogP contribution in [0.25, 0.3) is 0 Å². The predicted octanol–water partition coefficient (Wildman–Crippen LogP) is 1.59. The average molecular weight is 209 g/mol. The zero-order valence-corrected chi connectivity index (χ0v) is 8.58. The van der Waals surface area contributed by atoms with Gasteiger partial charge in [0, 0.05) is 6.92 Å². The molecule has 0 saturated heterocycles. The maximum atomic E-state index is 12.6. The summed E-state index contributed by atoms with van der Waals surface area (Å²) in [6, 6.07) is 4.79. The van der Waals surface area contributed by atoms with E-state index in [1.165, 1.54) is 38.1 Å². The summed E-state index contributed by atoms with van der Waals surface area (Å²) >= 11 is 0. The van der Waals surface area contributed by atoms with Gasteiger partial charge < -0.3 is 5.32 Å². The Morgan fingerprint density at radius 3 is 2.13 bits per heavy atom. The number of hydrogen-bond donors (Lipinski definition) is 1. The van der Waals surface area contributed by atoms with Crippen molar-refractivity contribution in [1.82, 2.24) is 5.32 Å². The minimum Gasteiger partial charge on any atom is -0.342 e. The molecule has 0 aromatic heterocycles. The van der Waals surface area contributed by atoms with Gasteiger partial charge in [0.15, 0.2) is 5.78 Å². The van der Waals surface area contributed by atoms with E-state index in [2.05, 4.69) is 5.32 Å². The number of carbonyl (C=O) groups is 2. The van der Waals surface area contributed by atoms with Crippen molar-refractivity contribution in [3.05, 3.63) is 35.6 Å². The first kappa shape index (κ1) is 11.4. The van der Waals surface area contributed by atoms with Crippen LogP contribution < -0.4 is 5.32 Å². The average Bonchev–Trinajstić information content (AvgIpc) is 2.15. The van der Waals surface area contributed by atoms with Gasteiger partial charge in [0.05, 0.1) is 0 Å². The molecule has 0 radical (unpaired) electrons. The molecule has 0 aliphatic rings. The van der Waals surface area contributed by atoms with Gasteiger partial charge in [0.1, 0.15) is 11.9 Å². The zero-order chi connectivity index (χ0) is 11.4. The smallest absolute Gasteiger partial charge is 0.217 e. The van der Waals surface area contributed by atoms with E-state index < -0.39 is 6.04 Å². The van der Waals surface area contributed by atoms with Crippen LogP contribution >= 0.6 is 0 Å². The molecule has 0 spiro atoms. The quantitative estimate of drug-likeness (QED) is 0.821. The predicted molar refractivity (Wildman–Crippen MR) is 53.6 cm³/mol.